The van der Waals surface area contributed by atoms with Crippen LogP contribution in [0.2, 0.25) is 5.02 Å². The van der Waals surface area contributed by atoms with Crippen LogP contribution in [0, 0.1) is 0 Å². The number of nitrogens with zero attached hydrogens (tertiary/aromatic N) is 1. The number of amides is 1. The zero-order valence-corrected chi connectivity index (χ0v) is 14.1. The summed E-state index contributed by atoms with van der Waals surface area (Å²) in [7, 11) is 0. The van der Waals surface area contributed by atoms with Crippen molar-refractivity contribution in [3.05, 3.63) is 58.9 Å². The van der Waals surface area contributed by atoms with Crippen LogP contribution in [0.4, 0.5) is 0 Å². The van der Waals surface area contributed by atoms with Crippen LogP contribution in [0.25, 0.3) is 10.9 Å². The summed E-state index contributed by atoms with van der Waals surface area (Å²) in [6.07, 6.45) is 2.58. The number of benzene rings is 1. The average molecular weight is 344 g/mol. The zero-order chi connectivity index (χ0) is 16.9. The molecule has 2 heterocycles. The van der Waals surface area contributed by atoms with Crippen LogP contribution >= 0.6 is 11.6 Å². The number of rotatable bonds is 6. The van der Waals surface area contributed by atoms with Crippen LogP contribution in [-0.2, 0) is 6.54 Å². The smallest absolute Gasteiger partial charge is 0.267 e. The number of ether oxygens (including phenoxy) is 1. The number of halogens is 1. The lowest BCUT2D eigenvalue weighted by Gasteiger charge is -2.10. The summed E-state index contributed by atoms with van der Waals surface area (Å²) in [5.74, 6) is 0.371. The predicted octanol–water partition coefficient (Wildman–Crippen LogP) is 3.94. The maximum absolute atomic E-state index is 12.4. The molecule has 5 nitrogen and oxygen atoms in total. The van der Waals surface area contributed by atoms with Crippen LogP contribution in [-0.4, -0.2) is 22.5 Å². The highest BCUT2D eigenvalue weighted by Gasteiger charge is 2.11. The van der Waals surface area contributed by atoms with Crippen molar-refractivity contribution < 1.29 is 9.53 Å². The number of carbonyl (C=O) groups is 1. The van der Waals surface area contributed by atoms with E-state index in [2.05, 4.69) is 15.3 Å². The molecular formula is C18H18ClN3O2. The fourth-order valence-electron chi connectivity index (χ4n) is 2.38. The van der Waals surface area contributed by atoms with Crippen molar-refractivity contribution in [2.75, 3.05) is 6.61 Å². The Balaban J connectivity index is 1.70. The van der Waals surface area contributed by atoms with E-state index in [4.69, 9.17) is 16.3 Å². The summed E-state index contributed by atoms with van der Waals surface area (Å²) in [6.45, 7) is 2.98. The zero-order valence-electron chi connectivity index (χ0n) is 13.3. The molecule has 0 saturated heterocycles. The molecular weight excluding hydrogens is 326 g/mol. The number of H-pyrrole nitrogens is 1. The van der Waals surface area contributed by atoms with Gasteiger partial charge in [-0.25, -0.2) is 4.98 Å². The van der Waals surface area contributed by atoms with E-state index in [1.165, 1.54) is 0 Å². The second-order valence-electron chi connectivity index (χ2n) is 5.41. The number of pyridine rings is 1. The van der Waals surface area contributed by atoms with Crippen molar-refractivity contribution >= 4 is 28.4 Å². The molecule has 0 saturated carbocycles. The normalized spacial score (nSPS) is 10.8. The maximum Gasteiger partial charge on any atom is 0.267 e. The van der Waals surface area contributed by atoms with E-state index in [1.54, 1.807) is 24.4 Å². The van der Waals surface area contributed by atoms with Gasteiger partial charge in [0, 0.05) is 34.2 Å². The summed E-state index contributed by atoms with van der Waals surface area (Å²) in [5.41, 5.74) is 2.17. The van der Waals surface area contributed by atoms with E-state index >= 15 is 0 Å². The van der Waals surface area contributed by atoms with E-state index in [-0.39, 0.29) is 5.91 Å². The Hall–Kier alpha value is -2.53. The number of aromatic nitrogens is 2. The van der Waals surface area contributed by atoms with Crippen LogP contribution in [0.15, 0.2) is 42.6 Å². The third-order valence-corrected chi connectivity index (χ3v) is 3.80. The Morgan fingerprint density at radius 2 is 2.21 bits per heavy atom. The number of aromatic amines is 1. The first kappa shape index (κ1) is 16.3. The van der Waals surface area contributed by atoms with Gasteiger partial charge in [-0.2, -0.15) is 0 Å². The van der Waals surface area contributed by atoms with Gasteiger partial charge in [0.15, 0.2) is 0 Å². The highest BCUT2D eigenvalue weighted by Crippen LogP contribution is 2.20. The standard InChI is InChI=1S/C18H18ClN3O2/c1-2-8-24-18-13(4-3-7-20-18)11-21-17(23)16-9-12-5-6-14(19)10-15(12)22-16/h3-7,9-10,22H,2,8,11H2,1H3,(H,21,23). The van der Waals surface area contributed by atoms with Gasteiger partial charge < -0.3 is 15.0 Å². The molecule has 0 aliphatic heterocycles. The first-order valence-electron chi connectivity index (χ1n) is 7.80. The molecule has 24 heavy (non-hydrogen) atoms. The number of nitrogens with one attached hydrogen (secondary N) is 2. The molecule has 0 radical (unpaired) electrons. The second-order valence-corrected chi connectivity index (χ2v) is 5.85. The molecule has 124 valence electrons. The van der Waals surface area contributed by atoms with Gasteiger partial charge in [-0.3, -0.25) is 4.79 Å². The second kappa shape index (κ2) is 7.36. The Labute approximate surface area is 145 Å². The van der Waals surface area contributed by atoms with Crippen LogP contribution < -0.4 is 10.1 Å². The van der Waals surface area contributed by atoms with Gasteiger partial charge >= 0.3 is 0 Å². The molecule has 0 fully saturated rings. The molecule has 0 unspecified atom stereocenters. The van der Waals surface area contributed by atoms with Gasteiger partial charge in [-0.05, 0) is 30.7 Å². The SMILES string of the molecule is CCCOc1ncccc1CNC(=O)c1cc2ccc(Cl)cc2[nH]1. The highest BCUT2D eigenvalue weighted by molar-refractivity contribution is 6.31. The molecule has 0 bridgehead atoms. The van der Waals surface area contributed by atoms with Crippen LogP contribution in [0.3, 0.4) is 0 Å². The highest BCUT2D eigenvalue weighted by atomic mass is 35.5. The van der Waals surface area contributed by atoms with Crippen molar-refractivity contribution in [1.82, 2.24) is 15.3 Å². The van der Waals surface area contributed by atoms with Gasteiger partial charge in [0.25, 0.3) is 5.91 Å². The van der Waals surface area contributed by atoms with Crippen molar-refractivity contribution in [3.63, 3.8) is 0 Å². The summed E-state index contributed by atoms with van der Waals surface area (Å²) in [4.78, 5) is 19.7. The van der Waals surface area contributed by atoms with Gasteiger partial charge in [-0.15, -0.1) is 0 Å². The Morgan fingerprint density at radius 3 is 3.04 bits per heavy atom. The summed E-state index contributed by atoms with van der Waals surface area (Å²) < 4.78 is 5.60. The van der Waals surface area contributed by atoms with Crippen molar-refractivity contribution in [2.24, 2.45) is 0 Å². The van der Waals surface area contributed by atoms with E-state index in [9.17, 15) is 4.79 Å². The molecule has 0 spiro atoms. The fraction of sp³-hybridized carbons (Fsp3) is 0.222. The fourth-order valence-corrected chi connectivity index (χ4v) is 2.55. The minimum atomic E-state index is -0.187. The first-order chi connectivity index (χ1) is 11.7. The summed E-state index contributed by atoms with van der Waals surface area (Å²) in [5, 5.41) is 4.46. The molecule has 2 aromatic heterocycles. The molecule has 2 N–H and O–H groups in total. The number of hydrogen-bond donors (Lipinski definition) is 2. The molecule has 0 aliphatic rings. The molecule has 3 rings (SSSR count). The Kier molecular flexibility index (Phi) is 5.01. The first-order valence-corrected chi connectivity index (χ1v) is 8.18. The van der Waals surface area contributed by atoms with Crippen LogP contribution in [0.1, 0.15) is 29.4 Å². The Morgan fingerprint density at radius 1 is 1.33 bits per heavy atom. The van der Waals surface area contributed by atoms with Gasteiger partial charge in [0.1, 0.15) is 5.69 Å². The number of carbonyl (C=O) groups excluding carboxylic acids is 1. The Bertz CT molecular complexity index is 860. The lowest BCUT2D eigenvalue weighted by Crippen LogP contribution is -2.23. The minimum absolute atomic E-state index is 0.187. The monoisotopic (exact) mass is 343 g/mol. The van der Waals surface area contributed by atoms with Gasteiger partial charge in [-0.1, -0.05) is 30.7 Å². The lowest BCUT2D eigenvalue weighted by atomic mass is 10.2. The average Bonchev–Trinajstić information content (AvgIpc) is 3.01. The van der Waals surface area contributed by atoms with Crippen molar-refractivity contribution in [3.8, 4) is 5.88 Å². The lowest BCUT2D eigenvalue weighted by molar-refractivity contribution is 0.0946. The molecule has 1 aromatic carbocycles. The minimum Gasteiger partial charge on any atom is -0.477 e. The largest absolute Gasteiger partial charge is 0.477 e. The van der Waals surface area contributed by atoms with E-state index in [0.29, 0.717) is 29.7 Å². The molecule has 3 aromatic rings. The molecule has 6 heteroatoms. The quantitative estimate of drug-likeness (QED) is 0.712. The summed E-state index contributed by atoms with van der Waals surface area (Å²) >= 11 is 5.97. The molecule has 0 atom stereocenters. The van der Waals surface area contributed by atoms with Gasteiger partial charge in [0.05, 0.1) is 6.61 Å². The van der Waals surface area contributed by atoms with Gasteiger partial charge in [0.2, 0.25) is 5.88 Å². The third kappa shape index (κ3) is 3.68. The predicted molar refractivity (Wildman–Crippen MR) is 94.5 cm³/mol. The van der Waals surface area contributed by atoms with E-state index < -0.39 is 0 Å². The molecule has 1 amide bonds. The van der Waals surface area contributed by atoms with Crippen molar-refractivity contribution in [2.45, 2.75) is 19.9 Å². The van der Waals surface area contributed by atoms with E-state index in [1.807, 2.05) is 25.1 Å². The third-order valence-electron chi connectivity index (χ3n) is 3.56. The topological polar surface area (TPSA) is 67.0 Å². The van der Waals surface area contributed by atoms with Crippen LogP contribution in [0.5, 0.6) is 5.88 Å². The molecule has 0 aliphatic carbocycles. The number of hydrogen-bond acceptors (Lipinski definition) is 3. The summed E-state index contributed by atoms with van der Waals surface area (Å²) in [6, 6.07) is 11.0. The maximum atomic E-state index is 12.4. The van der Waals surface area contributed by atoms with Crippen molar-refractivity contribution in [1.29, 1.82) is 0 Å². The van der Waals surface area contributed by atoms with E-state index in [0.717, 1.165) is 22.9 Å². The number of fused-ring (bicyclic) bond motifs is 1.